The van der Waals surface area contributed by atoms with Gasteiger partial charge in [-0.1, -0.05) is 60.2 Å². The Kier molecular flexibility index (Phi) is 6.26. The van der Waals surface area contributed by atoms with Gasteiger partial charge in [0.15, 0.2) is 12.4 Å². The summed E-state index contributed by atoms with van der Waals surface area (Å²) in [5.41, 5.74) is 4.98. The van der Waals surface area contributed by atoms with Crippen molar-refractivity contribution in [3.8, 4) is 11.3 Å². The number of aromatic nitrogens is 5. The number of hydrogen-bond donors (Lipinski definition) is 0. The maximum atomic E-state index is 12.3. The molecular formula is C25H25N5O2. The van der Waals surface area contributed by atoms with Gasteiger partial charge in [0.1, 0.15) is 5.82 Å². The molecular weight excluding hydrogens is 402 g/mol. The molecule has 2 aromatic heterocycles. The standard InChI is InChI=1S/C25H25N5O2/c1-18-9-11-21(12-10-18)25-22(16-30(28-25)15-20-7-5-4-6-8-20)13-14-24(31)32-17-23-27-26-19(2)29(23)3/h4-14,16H,15,17H2,1-3H3. The number of rotatable bonds is 7. The monoisotopic (exact) mass is 427 g/mol. The van der Waals surface area contributed by atoms with Gasteiger partial charge in [-0.2, -0.15) is 5.10 Å². The zero-order valence-corrected chi connectivity index (χ0v) is 18.4. The first-order chi connectivity index (χ1) is 15.5. The van der Waals surface area contributed by atoms with Crippen LogP contribution in [-0.2, 0) is 29.7 Å². The molecule has 0 radical (unpaired) electrons. The summed E-state index contributed by atoms with van der Waals surface area (Å²) < 4.78 is 9.01. The van der Waals surface area contributed by atoms with Gasteiger partial charge < -0.3 is 9.30 Å². The third-order valence-corrected chi connectivity index (χ3v) is 5.23. The SMILES string of the molecule is Cc1ccc(-c2nn(Cc3ccccc3)cc2C=CC(=O)OCc2nnc(C)n2C)cc1. The summed E-state index contributed by atoms with van der Waals surface area (Å²) in [6.45, 7) is 4.60. The van der Waals surface area contributed by atoms with Crippen molar-refractivity contribution in [2.24, 2.45) is 7.05 Å². The molecule has 0 N–H and O–H groups in total. The zero-order valence-electron chi connectivity index (χ0n) is 18.4. The van der Waals surface area contributed by atoms with E-state index in [-0.39, 0.29) is 6.61 Å². The Hall–Kier alpha value is -4.00. The first-order valence-electron chi connectivity index (χ1n) is 10.4. The quantitative estimate of drug-likeness (QED) is 0.328. The molecule has 0 unspecified atom stereocenters. The molecule has 0 saturated carbocycles. The minimum Gasteiger partial charge on any atom is -0.454 e. The highest BCUT2D eigenvalue weighted by Gasteiger charge is 2.11. The molecule has 0 aliphatic heterocycles. The molecule has 32 heavy (non-hydrogen) atoms. The Balaban J connectivity index is 1.54. The topological polar surface area (TPSA) is 74.8 Å². The Morgan fingerprint density at radius 2 is 1.78 bits per heavy atom. The maximum Gasteiger partial charge on any atom is 0.331 e. The van der Waals surface area contributed by atoms with Crippen LogP contribution in [0.1, 0.15) is 28.3 Å². The third kappa shape index (κ3) is 5.00. The van der Waals surface area contributed by atoms with E-state index in [1.165, 1.54) is 11.6 Å². The van der Waals surface area contributed by atoms with E-state index >= 15 is 0 Å². The number of ether oxygens (including phenoxy) is 1. The van der Waals surface area contributed by atoms with Crippen LogP contribution in [0.2, 0.25) is 0 Å². The molecule has 4 aromatic rings. The van der Waals surface area contributed by atoms with E-state index in [9.17, 15) is 4.79 Å². The number of hydrogen-bond acceptors (Lipinski definition) is 5. The lowest BCUT2D eigenvalue weighted by Gasteiger charge is -2.02. The van der Waals surface area contributed by atoms with E-state index in [2.05, 4.69) is 34.5 Å². The number of benzene rings is 2. The largest absolute Gasteiger partial charge is 0.454 e. The van der Waals surface area contributed by atoms with Gasteiger partial charge in [0.25, 0.3) is 0 Å². The molecule has 0 saturated heterocycles. The second-order valence-corrected chi connectivity index (χ2v) is 7.65. The normalized spacial score (nSPS) is 11.2. The van der Waals surface area contributed by atoms with Crippen molar-refractivity contribution < 1.29 is 9.53 Å². The van der Waals surface area contributed by atoms with Gasteiger partial charge in [-0.05, 0) is 25.5 Å². The fourth-order valence-corrected chi connectivity index (χ4v) is 3.26. The average molecular weight is 428 g/mol. The van der Waals surface area contributed by atoms with Crippen molar-refractivity contribution in [1.82, 2.24) is 24.5 Å². The van der Waals surface area contributed by atoms with Crippen LogP contribution in [0.25, 0.3) is 17.3 Å². The number of carbonyl (C=O) groups excluding carboxylic acids is 1. The molecule has 0 bridgehead atoms. The second-order valence-electron chi connectivity index (χ2n) is 7.65. The predicted molar refractivity (Wildman–Crippen MR) is 123 cm³/mol. The molecule has 2 aromatic carbocycles. The minimum atomic E-state index is -0.448. The lowest BCUT2D eigenvalue weighted by molar-refractivity contribution is -0.139. The van der Waals surface area contributed by atoms with Crippen LogP contribution in [0.15, 0.2) is 66.9 Å². The zero-order chi connectivity index (χ0) is 22.5. The van der Waals surface area contributed by atoms with Crippen molar-refractivity contribution in [3.05, 3.63) is 95.2 Å². The van der Waals surface area contributed by atoms with E-state index in [0.717, 1.165) is 28.2 Å². The van der Waals surface area contributed by atoms with Crippen molar-refractivity contribution >= 4 is 12.0 Å². The van der Waals surface area contributed by atoms with Gasteiger partial charge in [0.05, 0.1) is 12.2 Å². The lowest BCUT2D eigenvalue weighted by Crippen LogP contribution is -2.06. The summed E-state index contributed by atoms with van der Waals surface area (Å²) in [6.07, 6.45) is 5.11. The molecule has 7 nitrogen and oxygen atoms in total. The van der Waals surface area contributed by atoms with Gasteiger partial charge in [-0.3, -0.25) is 4.68 Å². The van der Waals surface area contributed by atoms with E-state index < -0.39 is 5.97 Å². The number of esters is 1. The van der Waals surface area contributed by atoms with Crippen molar-refractivity contribution in [2.45, 2.75) is 27.0 Å². The van der Waals surface area contributed by atoms with E-state index in [1.54, 1.807) is 10.6 Å². The van der Waals surface area contributed by atoms with E-state index in [1.807, 2.05) is 62.1 Å². The molecule has 0 aliphatic carbocycles. The third-order valence-electron chi connectivity index (χ3n) is 5.23. The van der Waals surface area contributed by atoms with Gasteiger partial charge in [-0.25, -0.2) is 4.79 Å². The smallest absolute Gasteiger partial charge is 0.331 e. The Bertz CT molecular complexity index is 1240. The molecule has 7 heteroatoms. The first-order valence-corrected chi connectivity index (χ1v) is 10.4. The van der Waals surface area contributed by atoms with Crippen LogP contribution in [0.5, 0.6) is 0 Å². The molecule has 4 rings (SSSR count). The fourth-order valence-electron chi connectivity index (χ4n) is 3.26. The van der Waals surface area contributed by atoms with Crippen LogP contribution in [0.3, 0.4) is 0 Å². The van der Waals surface area contributed by atoms with Gasteiger partial charge >= 0.3 is 5.97 Å². The molecule has 2 heterocycles. The summed E-state index contributed by atoms with van der Waals surface area (Å²) in [5.74, 6) is 0.914. The number of carbonyl (C=O) groups is 1. The maximum absolute atomic E-state index is 12.3. The molecule has 0 spiro atoms. The first kappa shape index (κ1) is 21.2. The molecule has 0 fully saturated rings. The van der Waals surface area contributed by atoms with Gasteiger partial charge in [0.2, 0.25) is 0 Å². The number of aryl methyl sites for hydroxylation is 2. The molecule has 162 valence electrons. The minimum absolute atomic E-state index is 0.0681. The van der Waals surface area contributed by atoms with Crippen LogP contribution < -0.4 is 0 Å². The van der Waals surface area contributed by atoms with Crippen molar-refractivity contribution in [1.29, 1.82) is 0 Å². The summed E-state index contributed by atoms with van der Waals surface area (Å²) in [6, 6.07) is 18.3. The summed E-state index contributed by atoms with van der Waals surface area (Å²) in [4.78, 5) is 12.3. The second kappa shape index (κ2) is 9.43. The summed E-state index contributed by atoms with van der Waals surface area (Å²) in [7, 11) is 1.84. The highest BCUT2D eigenvalue weighted by molar-refractivity contribution is 5.88. The van der Waals surface area contributed by atoms with Crippen molar-refractivity contribution in [3.63, 3.8) is 0 Å². The number of nitrogens with zero attached hydrogens (tertiary/aromatic N) is 5. The fraction of sp³-hybridized carbons (Fsp3) is 0.200. The van der Waals surface area contributed by atoms with Crippen LogP contribution in [0.4, 0.5) is 0 Å². The lowest BCUT2D eigenvalue weighted by atomic mass is 10.1. The summed E-state index contributed by atoms with van der Waals surface area (Å²) in [5, 5.41) is 12.8. The van der Waals surface area contributed by atoms with Gasteiger partial charge in [0, 0.05) is 30.4 Å². The molecule has 0 atom stereocenters. The Labute approximate surface area is 187 Å². The average Bonchev–Trinajstić information content (AvgIpc) is 3.35. The highest BCUT2D eigenvalue weighted by Crippen LogP contribution is 2.24. The van der Waals surface area contributed by atoms with Crippen LogP contribution >= 0.6 is 0 Å². The van der Waals surface area contributed by atoms with E-state index in [4.69, 9.17) is 9.84 Å². The Morgan fingerprint density at radius 3 is 2.47 bits per heavy atom. The molecule has 0 aliphatic rings. The van der Waals surface area contributed by atoms with Crippen LogP contribution in [0, 0.1) is 13.8 Å². The summed E-state index contributed by atoms with van der Waals surface area (Å²) >= 11 is 0. The Morgan fingerprint density at radius 1 is 1.03 bits per heavy atom. The van der Waals surface area contributed by atoms with Crippen molar-refractivity contribution in [2.75, 3.05) is 0 Å². The van der Waals surface area contributed by atoms with Gasteiger partial charge in [-0.15, -0.1) is 10.2 Å². The van der Waals surface area contributed by atoms with Crippen LogP contribution in [-0.4, -0.2) is 30.5 Å². The highest BCUT2D eigenvalue weighted by atomic mass is 16.5. The predicted octanol–water partition coefficient (Wildman–Crippen LogP) is 4.10. The van der Waals surface area contributed by atoms with E-state index in [0.29, 0.717) is 12.4 Å². The molecule has 0 amide bonds.